The van der Waals surface area contributed by atoms with Gasteiger partial charge >= 0.3 is 0 Å². The van der Waals surface area contributed by atoms with Crippen molar-refractivity contribution in [2.45, 2.75) is 13.1 Å². The summed E-state index contributed by atoms with van der Waals surface area (Å²) in [5.41, 5.74) is 12.2. The van der Waals surface area contributed by atoms with E-state index in [0.717, 1.165) is 5.56 Å². The van der Waals surface area contributed by atoms with E-state index in [-0.39, 0.29) is 11.9 Å². The molecule has 8 heteroatoms. The Morgan fingerprint density at radius 3 is 2.18 bits per heavy atom. The highest BCUT2D eigenvalue weighted by molar-refractivity contribution is 5.42. The van der Waals surface area contributed by atoms with E-state index in [1.165, 1.54) is 0 Å². The van der Waals surface area contributed by atoms with E-state index < -0.39 is 0 Å². The predicted molar refractivity (Wildman–Crippen MR) is 83.4 cm³/mol. The molecule has 22 heavy (non-hydrogen) atoms. The molecule has 0 unspecified atom stereocenters. The molecule has 0 atom stereocenters. The van der Waals surface area contributed by atoms with E-state index in [4.69, 9.17) is 20.9 Å². The van der Waals surface area contributed by atoms with Gasteiger partial charge in [-0.25, -0.2) is 0 Å². The van der Waals surface area contributed by atoms with Crippen LogP contribution in [-0.4, -0.2) is 41.1 Å². The summed E-state index contributed by atoms with van der Waals surface area (Å²) in [7, 11) is 5.17. The molecule has 0 radical (unpaired) electrons. The molecular weight excluding hydrogens is 284 g/mol. The van der Waals surface area contributed by atoms with Crippen LogP contribution in [0, 0.1) is 0 Å². The highest BCUT2D eigenvalue weighted by atomic mass is 16.5. The Kier molecular flexibility index (Phi) is 4.95. The molecule has 118 valence electrons. The number of hydrogen-bond acceptors (Lipinski definition) is 8. The van der Waals surface area contributed by atoms with Crippen molar-refractivity contribution in [1.82, 2.24) is 19.9 Å². The molecule has 0 aliphatic heterocycles. The molecule has 0 fully saturated rings. The van der Waals surface area contributed by atoms with Gasteiger partial charge < -0.3 is 20.9 Å². The fourth-order valence-electron chi connectivity index (χ4n) is 2.12. The zero-order chi connectivity index (χ0) is 16.1. The molecule has 4 N–H and O–H groups in total. The maximum Gasteiger partial charge on any atom is 0.225 e. The van der Waals surface area contributed by atoms with Gasteiger partial charge in [0.1, 0.15) is 5.82 Å². The van der Waals surface area contributed by atoms with Crippen LogP contribution in [0.2, 0.25) is 0 Å². The van der Waals surface area contributed by atoms with Crippen molar-refractivity contribution in [2.24, 2.45) is 0 Å². The monoisotopic (exact) mass is 304 g/mol. The van der Waals surface area contributed by atoms with Gasteiger partial charge in [-0.1, -0.05) is 6.07 Å². The van der Waals surface area contributed by atoms with E-state index >= 15 is 0 Å². The van der Waals surface area contributed by atoms with Crippen molar-refractivity contribution >= 4 is 11.9 Å². The molecule has 0 saturated heterocycles. The molecule has 0 aliphatic rings. The number of benzene rings is 1. The minimum absolute atomic E-state index is 0.127. The number of hydrogen-bond donors (Lipinski definition) is 2. The lowest BCUT2D eigenvalue weighted by Crippen LogP contribution is -2.20. The number of methoxy groups -OCH3 is 2. The van der Waals surface area contributed by atoms with Crippen LogP contribution >= 0.6 is 0 Å². The van der Waals surface area contributed by atoms with Crippen molar-refractivity contribution in [3.05, 3.63) is 29.6 Å². The van der Waals surface area contributed by atoms with Crippen LogP contribution in [0.25, 0.3) is 0 Å². The van der Waals surface area contributed by atoms with Crippen molar-refractivity contribution < 1.29 is 9.47 Å². The molecule has 2 rings (SSSR count). The molecule has 2 aromatic rings. The topological polar surface area (TPSA) is 112 Å². The maximum atomic E-state index is 5.57. The smallest absolute Gasteiger partial charge is 0.225 e. The predicted octanol–water partition coefficient (Wildman–Crippen LogP) is 0.685. The summed E-state index contributed by atoms with van der Waals surface area (Å²) in [5.74, 6) is 2.19. The average molecular weight is 304 g/mol. The maximum absolute atomic E-state index is 5.57. The zero-order valence-electron chi connectivity index (χ0n) is 12.9. The van der Waals surface area contributed by atoms with Crippen molar-refractivity contribution in [3.8, 4) is 11.5 Å². The SMILES string of the molecule is COc1ccc(CN(C)Cc2nc(N)nc(N)n2)cc1OC. The van der Waals surface area contributed by atoms with E-state index in [9.17, 15) is 0 Å². The van der Waals surface area contributed by atoms with Gasteiger partial charge in [0.25, 0.3) is 0 Å². The Balaban J connectivity index is 2.06. The number of nitrogen functional groups attached to an aromatic ring is 2. The van der Waals surface area contributed by atoms with Crippen molar-refractivity contribution in [1.29, 1.82) is 0 Å². The lowest BCUT2D eigenvalue weighted by Gasteiger charge is -2.17. The largest absolute Gasteiger partial charge is 0.493 e. The Bertz CT molecular complexity index is 629. The molecule has 1 aromatic heterocycles. The molecular formula is C14H20N6O2. The standard InChI is InChI=1S/C14H20N6O2/c1-20(8-12-17-13(15)19-14(16)18-12)7-9-4-5-10(21-2)11(6-9)22-3/h4-6H,7-8H2,1-3H3,(H4,15,16,17,18,19). The summed E-state index contributed by atoms with van der Waals surface area (Å²) in [6.07, 6.45) is 0. The highest BCUT2D eigenvalue weighted by Gasteiger charge is 2.09. The normalized spacial score (nSPS) is 10.7. The highest BCUT2D eigenvalue weighted by Crippen LogP contribution is 2.28. The molecule has 0 bridgehead atoms. The number of rotatable bonds is 6. The molecule has 0 saturated carbocycles. The number of anilines is 2. The fourth-order valence-corrected chi connectivity index (χ4v) is 2.12. The van der Waals surface area contributed by atoms with Crippen molar-refractivity contribution in [2.75, 3.05) is 32.7 Å². The first-order valence-electron chi connectivity index (χ1n) is 6.67. The Morgan fingerprint density at radius 2 is 1.59 bits per heavy atom. The fraction of sp³-hybridized carbons (Fsp3) is 0.357. The van der Waals surface area contributed by atoms with Gasteiger partial charge in [-0.3, -0.25) is 4.90 Å². The lowest BCUT2D eigenvalue weighted by molar-refractivity contribution is 0.308. The number of nitrogens with two attached hydrogens (primary N) is 2. The first kappa shape index (κ1) is 15.8. The molecule has 0 spiro atoms. The van der Waals surface area contributed by atoms with Gasteiger partial charge in [-0.15, -0.1) is 0 Å². The summed E-state index contributed by atoms with van der Waals surface area (Å²) in [4.78, 5) is 13.9. The van der Waals surface area contributed by atoms with Crippen LogP contribution in [0.3, 0.4) is 0 Å². The third-order valence-electron chi connectivity index (χ3n) is 3.03. The minimum Gasteiger partial charge on any atom is -0.493 e. The van der Waals surface area contributed by atoms with Crippen molar-refractivity contribution in [3.63, 3.8) is 0 Å². The van der Waals surface area contributed by atoms with Gasteiger partial charge in [-0.2, -0.15) is 15.0 Å². The molecule has 0 aliphatic carbocycles. The van der Waals surface area contributed by atoms with Gasteiger partial charge in [-0.05, 0) is 24.7 Å². The van der Waals surface area contributed by atoms with E-state index in [2.05, 4.69) is 15.0 Å². The average Bonchev–Trinajstić information content (AvgIpc) is 2.45. The summed E-state index contributed by atoms with van der Waals surface area (Å²) in [6.45, 7) is 1.19. The van der Waals surface area contributed by atoms with Crippen LogP contribution in [0.4, 0.5) is 11.9 Å². The van der Waals surface area contributed by atoms with Crippen LogP contribution in [0.1, 0.15) is 11.4 Å². The van der Waals surface area contributed by atoms with Gasteiger partial charge in [0.15, 0.2) is 11.5 Å². The third-order valence-corrected chi connectivity index (χ3v) is 3.03. The summed E-state index contributed by atoms with van der Waals surface area (Å²) < 4.78 is 10.5. The number of nitrogens with zero attached hydrogens (tertiary/aromatic N) is 4. The second-order valence-electron chi connectivity index (χ2n) is 4.83. The first-order chi connectivity index (χ1) is 10.5. The summed E-state index contributed by atoms with van der Waals surface area (Å²) >= 11 is 0. The van der Waals surface area contributed by atoms with Crippen LogP contribution < -0.4 is 20.9 Å². The Hall–Kier alpha value is -2.61. The Morgan fingerprint density at radius 1 is 0.955 bits per heavy atom. The second kappa shape index (κ2) is 6.90. The third kappa shape index (κ3) is 3.95. The van der Waals surface area contributed by atoms with Crippen LogP contribution in [0.15, 0.2) is 18.2 Å². The zero-order valence-corrected chi connectivity index (χ0v) is 12.9. The lowest BCUT2D eigenvalue weighted by atomic mass is 10.2. The van der Waals surface area contributed by atoms with E-state index in [0.29, 0.717) is 30.4 Å². The summed E-state index contributed by atoms with van der Waals surface area (Å²) in [6, 6.07) is 5.79. The quantitative estimate of drug-likeness (QED) is 0.801. The summed E-state index contributed by atoms with van der Waals surface area (Å²) in [5, 5.41) is 0. The van der Waals surface area contributed by atoms with E-state index in [1.54, 1.807) is 14.2 Å². The number of aromatic nitrogens is 3. The molecule has 8 nitrogen and oxygen atoms in total. The van der Waals surface area contributed by atoms with Gasteiger partial charge in [0.05, 0.1) is 20.8 Å². The minimum atomic E-state index is 0.127. The molecule has 1 heterocycles. The first-order valence-corrected chi connectivity index (χ1v) is 6.67. The van der Waals surface area contributed by atoms with Gasteiger partial charge in [0, 0.05) is 6.54 Å². The van der Waals surface area contributed by atoms with Gasteiger partial charge in [0.2, 0.25) is 11.9 Å². The van der Waals surface area contributed by atoms with Crippen LogP contribution in [0.5, 0.6) is 11.5 Å². The number of ether oxygens (including phenoxy) is 2. The van der Waals surface area contributed by atoms with E-state index in [1.807, 2.05) is 30.1 Å². The Labute approximate surface area is 129 Å². The van der Waals surface area contributed by atoms with Crippen LogP contribution in [-0.2, 0) is 13.1 Å². The molecule has 1 aromatic carbocycles. The molecule has 0 amide bonds. The second-order valence-corrected chi connectivity index (χ2v) is 4.83.